The Kier molecular flexibility index (Phi) is 8.11. The SMILES string of the molecule is CC[C@@H](C)NC(=O)/C(C#N)=C/c1ccc(OCc2cc(OC)ccc2OC)cc1. The van der Waals surface area contributed by atoms with Crippen LogP contribution in [0.2, 0.25) is 0 Å². The first kappa shape index (κ1) is 21.8. The van der Waals surface area contributed by atoms with Crippen LogP contribution < -0.4 is 19.5 Å². The molecule has 2 aromatic carbocycles. The maximum absolute atomic E-state index is 12.1. The Morgan fingerprint density at radius 1 is 1.14 bits per heavy atom. The van der Waals surface area contributed by atoms with Gasteiger partial charge in [-0.2, -0.15) is 5.26 Å². The Hall–Kier alpha value is -3.46. The van der Waals surface area contributed by atoms with E-state index in [-0.39, 0.29) is 17.5 Å². The molecule has 0 aromatic heterocycles. The van der Waals surface area contributed by atoms with Gasteiger partial charge >= 0.3 is 0 Å². The monoisotopic (exact) mass is 394 g/mol. The molecule has 2 aromatic rings. The summed E-state index contributed by atoms with van der Waals surface area (Å²) in [5.74, 6) is 1.74. The first-order valence-electron chi connectivity index (χ1n) is 9.37. The Bertz CT molecular complexity index is 898. The van der Waals surface area contributed by atoms with Gasteiger partial charge in [0.25, 0.3) is 5.91 Å². The minimum Gasteiger partial charge on any atom is -0.497 e. The van der Waals surface area contributed by atoms with Gasteiger partial charge in [0, 0.05) is 11.6 Å². The molecule has 0 saturated carbocycles. The van der Waals surface area contributed by atoms with Gasteiger partial charge in [-0.3, -0.25) is 4.79 Å². The molecule has 2 rings (SSSR count). The number of nitrogens with zero attached hydrogens (tertiary/aromatic N) is 1. The van der Waals surface area contributed by atoms with Crippen molar-refractivity contribution in [1.29, 1.82) is 5.26 Å². The number of nitrogens with one attached hydrogen (secondary N) is 1. The highest BCUT2D eigenvalue weighted by Crippen LogP contribution is 2.25. The number of carbonyl (C=O) groups excluding carboxylic acids is 1. The van der Waals surface area contributed by atoms with E-state index in [9.17, 15) is 10.1 Å². The zero-order chi connectivity index (χ0) is 21.2. The van der Waals surface area contributed by atoms with Crippen molar-refractivity contribution in [2.75, 3.05) is 14.2 Å². The van der Waals surface area contributed by atoms with Crippen molar-refractivity contribution >= 4 is 12.0 Å². The number of hydrogen-bond donors (Lipinski definition) is 1. The summed E-state index contributed by atoms with van der Waals surface area (Å²) in [4.78, 5) is 12.1. The fourth-order valence-electron chi connectivity index (χ4n) is 2.53. The first-order chi connectivity index (χ1) is 14.0. The van der Waals surface area contributed by atoms with Gasteiger partial charge in [-0.15, -0.1) is 0 Å². The second kappa shape index (κ2) is 10.8. The lowest BCUT2D eigenvalue weighted by atomic mass is 10.1. The van der Waals surface area contributed by atoms with Gasteiger partial charge in [-0.25, -0.2) is 0 Å². The van der Waals surface area contributed by atoms with Gasteiger partial charge in [0.1, 0.15) is 35.5 Å². The minimum atomic E-state index is -0.368. The molecule has 0 fully saturated rings. The summed E-state index contributed by atoms with van der Waals surface area (Å²) in [7, 11) is 3.22. The molecule has 1 amide bonds. The molecule has 0 aliphatic heterocycles. The highest BCUT2D eigenvalue weighted by molar-refractivity contribution is 6.01. The van der Waals surface area contributed by atoms with Crippen molar-refractivity contribution in [2.24, 2.45) is 0 Å². The largest absolute Gasteiger partial charge is 0.497 e. The van der Waals surface area contributed by atoms with Gasteiger partial charge in [-0.1, -0.05) is 19.1 Å². The smallest absolute Gasteiger partial charge is 0.262 e. The highest BCUT2D eigenvalue weighted by atomic mass is 16.5. The Labute approximate surface area is 171 Å². The molecule has 0 unspecified atom stereocenters. The summed E-state index contributed by atoms with van der Waals surface area (Å²) in [5.41, 5.74) is 1.68. The van der Waals surface area contributed by atoms with Crippen LogP contribution in [0.5, 0.6) is 17.2 Å². The quantitative estimate of drug-likeness (QED) is 0.511. The lowest BCUT2D eigenvalue weighted by molar-refractivity contribution is -0.117. The van der Waals surface area contributed by atoms with Gasteiger partial charge in [0.05, 0.1) is 14.2 Å². The molecule has 6 heteroatoms. The van der Waals surface area contributed by atoms with Crippen molar-refractivity contribution in [3.63, 3.8) is 0 Å². The van der Waals surface area contributed by atoms with Crippen molar-refractivity contribution in [3.05, 3.63) is 59.2 Å². The molecular formula is C23H26N2O4. The zero-order valence-electron chi connectivity index (χ0n) is 17.2. The van der Waals surface area contributed by atoms with Gasteiger partial charge in [0.15, 0.2) is 0 Å². The fraction of sp³-hybridized carbons (Fsp3) is 0.304. The van der Waals surface area contributed by atoms with Gasteiger partial charge < -0.3 is 19.5 Å². The molecule has 0 spiro atoms. The van der Waals surface area contributed by atoms with E-state index >= 15 is 0 Å². The molecule has 0 aliphatic carbocycles. The molecule has 6 nitrogen and oxygen atoms in total. The van der Waals surface area contributed by atoms with E-state index < -0.39 is 0 Å². The van der Waals surface area contributed by atoms with Crippen molar-refractivity contribution < 1.29 is 19.0 Å². The summed E-state index contributed by atoms with van der Waals surface area (Å²) < 4.78 is 16.4. The van der Waals surface area contributed by atoms with Crippen LogP contribution in [0.1, 0.15) is 31.4 Å². The average molecular weight is 394 g/mol. The topological polar surface area (TPSA) is 80.6 Å². The standard InChI is InChI=1S/C23H26N2O4/c1-5-16(2)25-23(26)18(14-24)12-17-6-8-20(9-7-17)29-15-19-13-21(27-3)10-11-22(19)28-4/h6-13,16H,5,15H2,1-4H3,(H,25,26)/b18-12+/t16-/m1/s1. The van der Waals surface area contributed by atoms with E-state index in [1.807, 2.05) is 38.1 Å². The summed E-state index contributed by atoms with van der Waals surface area (Å²) in [6, 6.07) is 14.7. The molecule has 1 atom stereocenters. The second-order valence-corrected chi connectivity index (χ2v) is 6.49. The van der Waals surface area contributed by atoms with Crippen LogP contribution in [0.3, 0.4) is 0 Å². The maximum atomic E-state index is 12.1. The predicted molar refractivity (Wildman–Crippen MR) is 112 cm³/mol. The number of methoxy groups -OCH3 is 2. The number of nitriles is 1. The zero-order valence-corrected chi connectivity index (χ0v) is 17.2. The second-order valence-electron chi connectivity index (χ2n) is 6.49. The highest BCUT2D eigenvalue weighted by Gasteiger charge is 2.11. The number of hydrogen-bond acceptors (Lipinski definition) is 5. The number of carbonyl (C=O) groups is 1. The van der Waals surface area contributed by atoms with Crippen LogP contribution in [-0.4, -0.2) is 26.2 Å². The minimum absolute atomic E-state index is 0.0172. The molecule has 152 valence electrons. The first-order valence-corrected chi connectivity index (χ1v) is 9.37. The molecule has 0 saturated heterocycles. The van der Waals surface area contributed by atoms with Crippen molar-refractivity contribution in [3.8, 4) is 23.3 Å². The molecule has 0 radical (unpaired) electrons. The summed E-state index contributed by atoms with van der Waals surface area (Å²) >= 11 is 0. The lowest BCUT2D eigenvalue weighted by Gasteiger charge is -2.12. The number of ether oxygens (including phenoxy) is 3. The fourth-order valence-corrected chi connectivity index (χ4v) is 2.53. The van der Waals surface area contributed by atoms with E-state index in [4.69, 9.17) is 14.2 Å². The van der Waals surface area contributed by atoms with Gasteiger partial charge in [-0.05, 0) is 55.3 Å². The van der Waals surface area contributed by atoms with Crippen LogP contribution in [-0.2, 0) is 11.4 Å². The molecular weight excluding hydrogens is 368 g/mol. The Morgan fingerprint density at radius 2 is 1.83 bits per heavy atom. The Balaban J connectivity index is 2.07. The van der Waals surface area contributed by atoms with E-state index in [2.05, 4.69) is 5.32 Å². The number of benzene rings is 2. The van der Waals surface area contributed by atoms with Crippen LogP contribution in [0, 0.1) is 11.3 Å². The molecule has 29 heavy (non-hydrogen) atoms. The summed E-state index contributed by atoms with van der Waals surface area (Å²) in [5, 5.41) is 12.1. The average Bonchev–Trinajstić information content (AvgIpc) is 2.76. The third kappa shape index (κ3) is 6.28. The van der Waals surface area contributed by atoms with Crippen LogP contribution in [0.4, 0.5) is 0 Å². The van der Waals surface area contributed by atoms with Crippen molar-refractivity contribution in [2.45, 2.75) is 32.9 Å². The molecule has 0 heterocycles. The van der Waals surface area contributed by atoms with Crippen LogP contribution in [0.25, 0.3) is 6.08 Å². The third-order valence-corrected chi connectivity index (χ3v) is 4.43. The van der Waals surface area contributed by atoms with Crippen LogP contribution in [0.15, 0.2) is 48.0 Å². The molecule has 0 aliphatic rings. The summed E-state index contributed by atoms with van der Waals surface area (Å²) in [6.07, 6.45) is 2.36. The molecule has 1 N–H and O–H groups in total. The summed E-state index contributed by atoms with van der Waals surface area (Å²) in [6.45, 7) is 4.19. The maximum Gasteiger partial charge on any atom is 0.262 e. The molecule has 0 bridgehead atoms. The number of amides is 1. The van der Waals surface area contributed by atoms with Crippen LogP contribution >= 0.6 is 0 Å². The normalized spacial score (nSPS) is 11.9. The lowest BCUT2D eigenvalue weighted by Crippen LogP contribution is -2.32. The van der Waals surface area contributed by atoms with Gasteiger partial charge in [0.2, 0.25) is 0 Å². The predicted octanol–water partition coefficient (Wildman–Crippen LogP) is 4.10. The van der Waals surface area contributed by atoms with E-state index in [1.54, 1.807) is 44.6 Å². The Morgan fingerprint density at radius 3 is 2.41 bits per heavy atom. The van der Waals surface area contributed by atoms with E-state index in [0.29, 0.717) is 12.4 Å². The third-order valence-electron chi connectivity index (χ3n) is 4.43. The van der Waals surface area contributed by atoms with Crippen molar-refractivity contribution in [1.82, 2.24) is 5.32 Å². The van der Waals surface area contributed by atoms with E-state index in [0.717, 1.165) is 29.0 Å². The van der Waals surface area contributed by atoms with E-state index in [1.165, 1.54) is 0 Å². The number of rotatable bonds is 9.